The maximum atomic E-state index is 13.5. The van der Waals surface area contributed by atoms with Crippen LogP contribution in [0, 0.1) is 0 Å². The van der Waals surface area contributed by atoms with E-state index in [9.17, 15) is 19.0 Å². The molecule has 76 heavy (non-hydrogen) atoms. The molecule has 0 heterocycles. The molecule has 0 aromatic heterocycles. The first kappa shape index (κ1) is 72.9. The third-order valence-electron chi connectivity index (χ3n) is 13.3. The zero-order valence-corrected chi connectivity index (χ0v) is 50.8. The highest BCUT2D eigenvalue weighted by atomic mass is 31.2. The van der Waals surface area contributed by atoms with Crippen molar-refractivity contribution in [1.82, 2.24) is 5.32 Å². The Morgan fingerprint density at radius 3 is 1.36 bits per heavy atom. The van der Waals surface area contributed by atoms with Crippen molar-refractivity contribution in [3.63, 3.8) is 0 Å². The van der Waals surface area contributed by atoms with Gasteiger partial charge in [0.15, 0.2) is 0 Å². The highest BCUT2D eigenvalue weighted by Gasteiger charge is 2.27. The molecule has 1 N–H and O–H groups in total. The molecule has 10 heteroatoms. The number of esters is 1. The minimum absolute atomic E-state index is 0.0350. The van der Waals surface area contributed by atoms with E-state index in [2.05, 4.69) is 111 Å². The Bertz CT molecular complexity index is 1620. The largest absolute Gasteiger partial charge is 0.756 e. The van der Waals surface area contributed by atoms with Gasteiger partial charge < -0.3 is 28.5 Å². The molecular weight excluding hydrogens is 964 g/mol. The topological polar surface area (TPSA) is 114 Å². The van der Waals surface area contributed by atoms with E-state index >= 15 is 0 Å². The van der Waals surface area contributed by atoms with Gasteiger partial charge in [0.1, 0.15) is 19.3 Å². The van der Waals surface area contributed by atoms with Crippen molar-refractivity contribution in [2.24, 2.45) is 0 Å². The fraction of sp³-hybridized carbons (Fsp3) is 0.727. The minimum atomic E-state index is -4.72. The van der Waals surface area contributed by atoms with Crippen molar-refractivity contribution in [3.8, 4) is 0 Å². The van der Waals surface area contributed by atoms with Crippen molar-refractivity contribution >= 4 is 19.7 Å². The van der Waals surface area contributed by atoms with Gasteiger partial charge in [-0.1, -0.05) is 240 Å². The molecule has 0 fully saturated rings. The smallest absolute Gasteiger partial charge is 0.306 e. The van der Waals surface area contributed by atoms with Crippen molar-refractivity contribution < 1.29 is 37.3 Å². The molecular formula is C66H117N2O7P. The van der Waals surface area contributed by atoms with Crippen LogP contribution >= 0.6 is 7.82 Å². The van der Waals surface area contributed by atoms with Crippen molar-refractivity contribution in [3.05, 3.63) is 97.2 Å². The number of rotatable bonds is 55. The molecule has 9 nitrogen and oxygen atoms in total. The van der Waals surface area contributed by atoms with Gasteiger partial charge in [-0.25, -0.2) is 0 Å². The monoisotopic (exact) mass is 1080 g/mol. The van der Waals surface area contributed by atoms with Crippen LogP contribution in [-0.2, 0) is 27.9 Å². The number of hydrogen-bond donors (Lipinski definition) is 1. The van der Waals surface area contributed by atoms with E-state index in [0.29, 0.717) is 23.9 Å². The van der Waals surface area contributed by atoms with E-state index < -0.39 is 26.6 Å². The number of phosphoric ester groups is 1. The summed E-state index contributed by atoms with van der Waals surface area (Å²) in [7, 11) is 1.15. The maximum absolute atomic E-state index is 13.5. The van der Waals surface area contributed by atoms with Gasteiger partial charge in [-0.05, 0) is 102 Å². The number of unbranched alkanes of at least 4 members (excludes halogenated alkanes) is 26. The van der Waals surface area contributed by atoms with Crippen LogP contribution in [0.3, 0.4) is 0 Å². The highest BCUT2D eigenvalue weighted by Crippen LogP contribution is 2.38. The minimum Gasteiger partial charge on any atom is -0.756 e. The Morgan fingerprint density at radius 1 is 0.487 bits per heavy atom. The molecule has 0 aromatic carbocycles. The molecule has 0 aromatic rings. The third kappa shape index (κ3) is 55.7. The number of hydrogen-bond acceptors (Lipinski definition) is 7. The standard InChI is InChI=1S/C66H117N2O7P/c1-7-10-13-16-19-22-25-28-30-32-33-34-35-36-38-41-44-47-50-53-56-59-66(70)75-64(57-54-51-48-45-42-39-27-24-21-18-15-12-9-3)63(62-74-76(71,72)73-61-60-68(4,5)6)67-65(69)58-55-52-49-46-43-40-37-31-29-26-23-20-17-14-11-8-2/h10,13,19,22,28,30-31,33-34,36-38,40,43,54,57,63-64H,7-9,11-12,14-18,20-21,23-27,29,32,35,39,41-42,44-53,55-56,58-62H2,1-6H3,(H-,67,69,71,72)/b13-10-,22-19-,30-28-,34-33-,37-31+,38-36-,43-40+,57-54+. The Morgan fingerprint density at radius 2 is 0.882 bits per heavy atom. The Labute approximate surface area is 468 Å². The Kier molecular flexibility index (Phi) is 53.0. The number of phosphoric acid groups is 1. The van der Waals surface area contributed by atoms with E-state index in [4.69, 9.17) is 13.8 Å². The fourth-order valence-corrected chi connectivity index (χ4v) is 9.20. The highest BCUT2D eigenvalue weighted by molar-refractivity contribution is 7.45. The van der Waals surface area contributed by atoms with Gasteiger partial charge in [-0.15, -0.1) is 0 Å². The lowest BCUT2D eigenvalue weighted by atomic mass is 10.0. The van der Waals surface area contributed by atoms with E-state index in [-0.39, 0.29) is 31.3 Å². The number of amides is 1. The molecule has 0 aliphatic rings. The van der Waals surface area contributed by atoms with Gasteiger partial charge in [0.05, 0.1) is 33.8 Å². The van der Waals surface area contributed by atoms with Crippen molar-refractivity contribution in [2.75, 3.05) is 40.9 Å². The van der Waals surface area contributed by atoms with Gasteiger partial charge in [-0.2, -0.15) is 0 Å². The first-order valence-corrected chi connectivity index (χ1v) is 32.5. The summed E-state index contributed by atoms with van der Waals surface area (Å²) < 4.78 is 30.3. The number of nitrogens with zero attached hydrogens (tertiary/aromatic N) is 1. The average Bonchev–Trinajstić information content (AvgIpc) is 3.38. The summed E-state index contributed by atoms with van der Waals surface area (Å²) in [5.74, 6) is -0.596. The summed E-state index contributed by atoms with van der Waals surface area (Å²) >= 11 is 0. The first-order chi connectivity index (χ1) is 36.9. The van der Waals surface area contributed by atoms with Crippen molar-refractivity contribution in [2.45, 2.75) is 270 Å². The predicted octanol–water partition coefficient (Wildman–Crippen LogP) is 18.5. The zero-order valence-electron chi connectivity index (χ0n) is 49.9. The number of quaternary nitrogens is 1. The normalized spacial score (nSPS) is 14.4. The predicted molar refractivity (Wildman–Crippen MR) is 325 cm³/mol. The van der Waals surface area contributed by atoms with E-state index in [1.165, 1.54) is 103 Å². The van der Waals surface area contributed by atoms with E-state index in [1.807, 2.05) is 33.3 Å². The van der Waals surface area contributed by atoms with E-state index in [1.54, 1.807) is 0 Å². The van der Waals surface area contributed by atoms with Crippen LogP contribution in [0.1, 0.15) is 258 Å². The van der Waals surface area contributed by atoms with Gasteiger partial charge >= 0.3 is 5.97 Å². The number of likely N-dealkylation sites (N-methyl/N-ethyl adjacent to an activating group) is 1. The second-order valence-electron chi connectivity index (χ2n) is 21.9. The summed E-state index contributed by atoms with van der Waals surface area (Å²) in [6.45, 7) is 6.69. The number of carbonyl (C=O) groups excluding carboxylic acids is 2. The quantitative estimate of drug-likeness (QED) is 0.0161. The summed E-state index contributed by atoms with van der Waals surface area (Å²) in [5.41, 5.74) is 0. The molecule has 0 saturated carbocycles. The molecule has 0 saturated heterocycles. The Balaban J connectivity index is 5.37. The zero-order chi connectivity index (χ0) is 55.7. The molecule has 1 amide bonds. The SMILES string of the molecule is CC/C=C\C/C=C\C/C=C\C/C=C\C/C=C\CCCCCCCC(=O)OC(/C=C/CCCCCCCCCCCCC)C(COP(=O)([O-])OCC[N+](C)(C)C)NC(=O)CCCCC/C=C/C=C/CCCCCCCCC. The lowest BCUT2D eigenvalue weighted by Gasteiger charge is -2.30. The molecule has 0 aliphatic carbocycles. The molecule has 0 spiro atoms. The average molecular weight is 1080 g/mol. The molecule has 3 atom stereocenters. The van der Waals surface area contributed by atoms with Gasteiger partial charge in [0.2, 0.25) is 5.91 Å². The van der Waals surface area contributed by atoms with Crippen LogP contribution in [0.2, 0.25) is 0 Å². The molecule has 0 aliphatic heterocycles. The molecule has 438 valence electrons. The molecule has 0 rings (SSSR count). The molecule has 3 unspecified atom stereocenters. The summed E-state index contributed by atoms with van der Waals surface area (Å²) in [6.07, 6.45) is 73.7. The van der Waals surface area contributed by atoms with Gasteiger partial charge in [0.25, 0.3) is 7.82 Å². The second kappa shape index (κ2) is 55.3. The van der Waals surface area contributed by atoms with Gasteiger partial charge in [0, 0.05) is 12.8 Å². The van der Waals surface area contributed by atoms with Crippen molar-refractivity contribution in [1.29, 1.82) is 0 Å². The first-order valence-electron chi connectivity index (χ1n) is 31.1. The second-order valence-corrected chi connectivity index (χ2v) is 23.3. The van der Waals surface area contributed by atoms with Crippen LogP contribution in [0.5, 0.6) is 0 Å². The molecule has 0 bridgehead atoms. The van der Waals surface area contributed by atoms with E-state index in [0.717, 1.165) is 109 Å². The summed E-state index contributed by atoms with van der Waals surface area (Å²) in [4.78, 5) is 40.0. The fourth-order valence-electron chi connectivity index (χ4n) is 8.48. The molecule has 0 radical (unpaired) electrons. The van der Waals surface area contributed by atoms with Crippen LogP contribution in [0.15, 0.2) is 97.2 Å². The summed E-state index contributed by atoms with van der Waals surface area (Å²) in [5, 5.41) is 3.01. The number of allylic oxidation sites excluding steroid dienone is 15. The number of carbonyl (C=O) groups is 2. The number of ether oxygens (including phenoxy) is 1. The number of nitrogens with one attached hydrogen (secondary N) is 1. The lowest BCUT2D eigenvalue weighted by molar-refractivity contribution is -0.870. The summed E-state index contributed by atoms with van der Waals surface area (Å²) in [6, 6.07) is -0.916. The van der Waals surface area contributed by atoms with Crippen LogP contribution in [-0.4, -0.2) is 69.4 Å². The lowest BCUT2D eigenvalue weighted by Crippen LogP contribution is -2.47. The van der Waals surface area contributed by atoms with Crippen LogP contribution in [0.25, 0.3) is 0 Å². The third-order valence-corrected chi connectivity index (χ3v) is 14.2. The van der Waals surface area contributed by atoms with Crippen LogP contribution < -0.4 is 10.2 Å². The maximum Gasteiger partial charge on any atom is 0.306 e. The Hall–Kier alpha value is -3.07. The van der Waals surface area contributed by atoms with Gasteiger partial charge in [-0.3, -0.25) is 14.2 Å². The van der Waals surface area contributed by atoms with Crippen LogP contribution in [0.4, 0.5) is 0 Å².